The molecule has 102 valence electrons. The Morgan fingerprint density at radius 1 is 1.42 bits per heavy atom. The van der Waals surface area contributed by atoms with E-state index < -0.39 is 5.97 Å². The van der Waals surface area contributed by atoms with E-state index in [1.54, 1.807) is 19.1 Å². The molecule has 2 aliphatic heterocycles. The number of rotatable bonds is 3. The van der Waals surface area contributed by atoms with E-state index in [0.29, 0.717) is 17.8 Å². The number of aromatic carboxylic acids is 1. The van der Waals surface area contributed by atoms with Gasteiger partial charge in [-0.3, -0.25) is 4.90 Å². The van der Waals surface area contributed by atoms with E-state index in [4.69, 9.17) is 5.11 Å². The van der Waals surface area contributed by atoms with Crippen molar-refractivity contribution in [3.63, 3.8) is 0 Å². The number of aryl methyl sites for hydroxylation is 1. The van der Waals surface area contributed by atoms with Crippen LogP contribution in [0.15, 0.2) is 12.1 Å². The zero-order valence-corrected chi connectivity index (χ0v) is 11.1. The average Bonchev–Trinajstić information content (AvgIpc) is 2.94. The SMILES string of the molecule is Cc1nc(NC2CCN3CCCC23)ccc1C(=O)O. The van der Waals surface area contributed by atoms with E-state index in [-0.39, 0.29) is 5.56 Å². The number of carboxylic acid groups (broad SMARTS) is 1. The fourth-order valence-electron chi connectivity index (χ4n) is 3.31. The topological polar surface area (TPSA) is 65.5 Å². The highest BCUT2D eigenvalue weighted by Crippen LogP contribution is 2.29. The van der Waals surface area contributed by atoms with Gasteiger partial charge in [-0.05, 0) is 44.9 Å². The summed E-state index contributed by atoms with van der Waals surface area (Å²) < 4.78 is 0. The highest BCUT2D eigenvalue weighted by molar-refractivity contribution is 5.89. The smallest absolute Gasteiger partial charge is 0.337 e. The molecule has 2 fully saturated rings. The molecule has 2 unspecified atom stereocenters. The first-order valence-electron chi connectivity index (χ1n) is 6.86. The van der Waals surface area contributed by atoms with Crippen LogP contribution in [0.5, 0.6) is 0 Å². The van der Waals surface area contributed by atoms with Gasteiger partial charge in [0, 0.05) is 18.6 Å². The molecule has 0 saturated carbocycles. The number of hydrogen-bond acceptors (Lipinski definition) is 4. The van der Waals surface area contributed by atoms with E-state index in [2.05, 4.69) is 15.2 Å². The lowest BCUT2D eigenvalue weighted by atomic mass is 10.1. The second-order valence-corrected chi connectivity index (χ2v) is 5.42. The summed E-state index contributed by atoms with van der Waals surface area (Å²) in [6.45, 7) is 4.12. The third-order valence-electron chi connectivity index (χ3n) is 4.26. The van der Waals surface area contributed by atoms with Crippen LogP contribution in [0.4, 0.5) is 5.82 Å². The molecule has 0 bridgehead atoms. The summed E-state index contributed by atoms with van der Waals surface area (Å²) in [4.78, 5) is 17.9. The van der Waals surface area contributed by atoms with Crippen molar-refractivity contribution in [2.75, 3.05) is 18.4 Å². The molecular formula is C14H19N3O2. The van der Waals surface area contributed by atoms with Crippen molar-refractivity contribution in [2.24, 2.45) is 0 Å². The first kappa shape index (κ1) is 12.4. The lowest BCUT2D eigenvalue weighted by Gasteiger charge is -2.22. The maximum Gasteiger partial charge on any atom is 0.337 e. The molecule has 2 atom stereocenters. The predicted molar refractivity (Wildman–Crippen MR) is 72.6 cm³/mol. The molecule has 19 heavy (non-hydrogen) atoms. The fourth-order valence-corrected chi connectivity index (χ4v) is 3.31. The lowest BCUT2D eigenvalue weighted by molar-refractivity contribution is 0.0695. The Kier molecular flexibility index (Phi) is 3.14. The summed E-state index contributed by atoms with van der Waals surface area (Å²) in [5, 5.41) is 12.5. The lowest BCUT2D eigenvalue weighted by Crippen LogP contribution is -2.34. The van der Waals surface area contributed by atoms with Gasteiger partial charge in [-0.1, -0.05) is 0 Å². The van der Waals surface area contributed by atoms with Gasteiger partial charge in [-0.2, -0.15) is 0 Å². The van der Waals surface area contributed by atoms with Gasteiger partial charge in [0.25, 0.3) is 0 Å². The molecule has 0 spiro atoms. The standard InChI is InChI=1S/C14H19N3O2/c1-9-10(14(18)19)4-5-13(15-9)16-11-6-8-17-7-2-3-12(11)17/h4-5,11-12H,2-3,6-8H2,1H3,(H,15,16)(H,18,19). The van der Waals surface area contributed by atoms with Gasteiger partial charge in [0.1, 0.15) is 5.82 Å². The molecule has 0 aromatic carbocycles. The van der Waals surface area contributed by atoms with Crippen molar-refractivity contribution in [2.45, 2.75) is 38.3 Å². The zero-order chi connectivity index (χ0) is 13.4. The highest BCUT2D eigenvalue weighted by atomic mass is 16.4. The van der Waals surface area contributed by atoms with Gasteiger partial charge in [0.2, 0.25) is 0 Å². The van der Waals surface area contributed by atoms with Crippen LogP contribution in [-0.4, -0.2) is 46.1 Å². The summed E-state index contributed by atoms with van der Waals surface area (Å²) in [6.07, 6.45) is 3.68. The fraction of sp³-hybridized carbons (Fsp3) is 0.571. The van der Waals surface area contributed by atoms with Gasteiger partial charge in [0.15, 0.2) is 0 Å². The molecule has 2 N–H and O–H groups in total. The maximum atomic E-state index is 11.0. The summed E-state index contributed by atoms with van der Waals surface area (Å²) in [5.41, 5.74) is 0.846. The van der Waals surface area contributed by atoms with Crippen molar-refractivity contribution >= 4 is 11.8 Å². The molecule has 0 radical (unpaired) electrons. The molecule has 3 heterocycles. The van der Waals surface area contributed by atoms with Crippen LogP contribution < -0.4 is 5.32 Å². The molecule has 1 aromatic rings. The molecule has 1 aromatic heterocycles. The van der Waals surface area contributed by atoms with Crippen molar-refractivity contribution in [1.82, 2.24) is 9.88 Å². The monoisotopic (exact) mass is 261 g/mol. The van der Waals surface area contributed by atoms with Crippen LogP contribution >= 0.6 is 0 Å². The largest absolute Gasteiger partial charge is 0.478 e. The zero-order valence-electron chi connectivity index (χ0n) is 11.1. The van der Waals surface area contributed by atoms with Crippen molar-refractivity contribution < 1.29 is 9.90 Å². The number of anilines is 1. The van der Waals surface area contributed by atoms with Crippen LogP contribution in [0.1, 0.15) is 35.3 Å². The van der Waals surface area contributed by atoms with Crippen LogP contribution in [-0.2, 0) is 0 Å². The number of fused-ring (bicyclic) bond motifs is 1. The first-order valence-corrected chi connectivity index (χ1v) is 6.86. The molecule has 5 heteroatoms. The molecule has 0 aliphatic carbocycles. The van der Waals surface area contributed by atoms with Crippen LogP contribution in [0, 0.1) is 6.92 Å². The van der Waals surface area contributed by atoms with Crippen molar-refractivity contribution in [1.29, 1.82) is 0 Å². The van der Waals surface area contributed by atoms with Gasteiger partial charge in [0.05, 0.1) is 11.3 Å². The minimum Gasteiger partial charge on any atom is -0.478 e. The number of nitrogens with zero attached hydrogens (tertiary/aromatic N) is 2. The summed E-state index contributed by atoms with van der Waals surface area (Å²) >= 11 is 0. The van der Waals surface area contributed by atoms with E-state index in [1.807, 2.05) is 0 Å². The number of aromatic nitrogens is 1. The molecule has 2 saturated heterocycles. The molecule has 2 aliphatic rings. The molecule has 3 rings (SSSR count). The summed E-state index contributed by atoms with van der Waals surface area (Å²) in [6, 6.07) is 4.48. The number of nitrogens with one attached hydrogen (secondary N) is 1. The molecule has 5 nitrogen and oxygen atoms in total. The Morgan fingerprint density at radius 3 is 3.00 bits per heavy atom. The number of carboxylic acids is 1. The van der Waals surface area contributed by atoms with Gasteiger partial charge in [-0.15, -0.1) is 0 Å². The van der Waals surface area contributed by atoms with Crippen LogP contribution in [0.2, 0.25) is 0 Å². The highest BCUT2D eigenvalue weighted by Gasteiger charge is 2.37. The summed E-state index contributed by atoms with van der Waals surface area (Å²) in [5.74, 6) is -0.124. The van der Waals surface area contributed by atoms with E-state index in [1.165, 1.54) is 19.4 Å². The Labute approximate surface area is 112 Å². The van der Waals surface area contributed by atoms with Crippen molar-refractivity contribution in [3.8, 4) is 0 Å². The molecular weight excluding hydrogens is 242 g/mol. The molecule has 0 amide bonds. The Balaban J connectivity index is 1.73. The predicted octanol–water partition coefficient (Wildman–Crippen LogP) is 1.74. The second-order valence-electron chi connectivity index (χ2n) is 5.42. The Bertz CT molecular complexity index is 503. The minimum absolute atomic E-state index is 0.277. The normalized spacial score (nSPS) is 26.4. The number of hydrogen-bond donors (Lipinski definition) is 2. The quantitative estimate of drug-likeness (QED) is 0.867. The third-order valence-corrected chi connectivity index (χ3v) is 4.26. The van der Waals surface area contributed by atoms with Crippen LogP contribution in [0.3, 0.4) is 0 Å². The first-order chi connectivity index (χ1) is 9.15. The van der Waals surface area contributed by atoms with Crippen molar-refractivity contribution in [3.05, 3.63) is 23.4 Å². The third kappa shape index (κ3) is 2.30. The van der Waals surface area contributed by atoms with Gasteiger partial charge < -0.3 is 10.4 Å². The van der Waals surface area contributed by atoms with Gasteiger partial charge >= 0.3 is 5.97 Å². The van der Waals surface area contributed by atoms with E-state index in [9.17, 15) is 4.79 Å². The number of carbonyl (C=O) groups is 1. The summed E-state index contributed by atoms with van der Waals surface area (Å²) in [7, 11) is 0. The maximum absolute atomic E-state index is 11.0. The Hall–Kier alpha value is -1.62. The van der Waals surface area contributed by atoms with Gasteiger partial charge in [-0.25, -0.2) is 9.78 Å². The second kappa shape index (κ2) is 4.81. The van der Waals surface area contributed by atoms with Crippen LogP contribution in [0.25, 0.3) is 0 Å². The Morgan fingerprint density at radius 2 is 2.26 bits per heavy atom. The average molecular weight is 261 g/mol. The minimum atomic E-state index is -0.917. The van der Waals surface area contributed by atoms with E-state index >= 15 is 0 Å². The number of pyridine rings is 1. The van der Waals surface area contributed by atoms with E-state index in [0.717, 1.165) is 18.8 Å².